The molecule has 334 valence electrons. The third-order valence-corrected chi connectivity index (χ3v) is 13.5. The second-order valence-electron chi connectivity index (χ2n) is 13.6. The van der Waals surface area contributed by atoms with Gasteiger partial charge in [-0.3, -0.25) is 9.59 Å². The molecule has 2 aromatic heterocycles. The minimum Gasteiger partial charge on any atom is -0.462 e. The van der Waals surface area contributed by atoms with E-state index in [1.807, 2.05) is 0 Å². The van der Waals surface area contributed by atoms with Crippen LogP contribution < -0.4 is 10.9 Å². The molecule has 0 spiro atoms. The van der Waals surface area contributed by atoms with E-state index in [2.05, 4.69) is 0 Å². The summed E-state index contributed by atoms with van der Waals surface area (Å²) < 4.78 is 64.7. The van der Waals surface area contributed by atoms with E-state index in [0.29, 0.717) is 61.4 Å². The molecule has 2 heterocycles. The van der Waals surface area contributed by atoms with Crippen molar-refractivity contribution in [3.05, 3.63) is 140 Å². The van der Waals surface area contributed by atoms with E-state index in [9.17, 15) is 32.4 Å². The number of carbonyl (C=O) groups is 3. The molecule has 0 fully saturated rings. The number of carbonyl (C=O) groups excluding carboxylic acids is 3. The molecule has 0 saturated heterocycles. The summed E-state index contributed by atoms with van der Waals surface area (Å²) in [5, 5.41) is 1.53. The summed E-state index contributed by atoms with van der Waals surface area (Å²) in [5.41, 5.74) is -0.562. The molecule has 0 saturated carbocycles. The van der Waals surface area contributed by atoms with Gasteiger partial charge in [0.1, 0.15) is 13.2 Å². The number of hydrogen-bond donors (Lipinski definition) is 0. The van der Waals surface area contributed by atoms with Crippen LogP contribution in [0.4, 0.5) is 0 Å². The van der Waals surface area contributed by atoms with Crippen LogP contribution >= 0.6 is 22.7 Å². The SMILES string of the molecule is CCOC(=O)c1cc(S(=O)(=O)c2ccccc2)cc2sc3ccccc3c(=O)c12.COCCOCCOC(=O)c1ccc2c(=O)c3ccccc3sc2c1C(=O)OCCOCCOC. The quantitative estimate of drug-likeness (QED) is 0.0357. The van der Waals surface area contributed by atoms with Crippen molar-refractivity contribution >= 4 is 90.8 Å². The summed E-state index contributed by atoms with van der Waals surface area (Å²) in [7, 11) is -0.747. The molecule has 17 heteroatoms. The smallest absolute Gasteiger partial charge is 0.340 e. The molecule has 0 aliphatic rings. The van der Waals surface area contributed by atoms with Gasteiger partial charge >= 0.3 is 17.9 Å². The van der Waals surface area contributed by atoms with Crippen molar-refractivity contribution < 1.29 is 56.0 Å². The molecular formula is C47H44O14S3. The number of hydrogen-bond acceptors (Lipinski definition) is 16. The van der Waals surface area contributed by atoms with E-state index in [0.717, 1.165) is 0 Å². The van der Waals surface area contributed by atoms with Crippen molar-refractivity contribution in [3.8, 4) is 0 Å². The Morgan fingerprint density at radius 2 is 1.06 bits per heavy atom. The number of esters is 3. The Morgan fingerprint density at radius 1 is 0.516 bits per heavy atom. The molecule has 0 aliphatic carbocycles. The molecule has 5 aromatic carbocycles. The van der Waals surface area contributed by atoms with Crippen molar-refractivity contribution in [2.75, 3.05) is 73.7 Å². The largest absolute Gasteiger partial charge is 0.462 e. The molecule has 0 N–H and O–H groups in total. The third-order valence-electron chi connectivity index (χ3n) is 9.47. The standard InChI is InChI=1S/C25H28O9S.C22H16O5S2/c1-29-9-11-31-13-15-33-24(27)18-7-8-19-22(26)17-5-3-4-6-20(17)35-23(19)21(18)25(28)34-16-14-32-12-10-30-2;1-2-27-22(24)17-12-15(29(25,26)14-8-4-3-5-9-14)13-19-20(17)21(23)16-10-6-7-11-18(16)28-19/h3-8H,9-16H2,1-2H3;3-13H,2H2,1H3. The molecular weight excluding hydrogens is 885 g/mol. The number of methoxy groups -OCH3 is 2. The fraction of sp³-hybridized carbons (Fsp3) is 0.255. The Kier molecular flexibility index (Phi) is 16.8. The van der Waals surface area contributed by atoms with Crippen molar-refractivity contribution in [1.82, 2.24) is 0 Å². The van der Waals surface area contributed by atoms with Gasteiger partial charge in [-0.2, -0.15) is 0 Å². The lowest BCUT2D eigenvalue weighted by molar-refractivity contribution is 0.0186. The number of fused-ring (bicyclic) bond motifs is 4. The first kappa shape index (κ1) is 47.6. The van der Waals surface area contributed by atoms with E-state index in [-0.39, 0.29) is 75.8 Å². The lowest BCUT2D eigenvalue weighted by Crippen LogP contribution is -2.19. The van der Waals surface area contributed by atoms with Crippen LogP contribution in [0.3, 0.4) is 0 Å². The van der Waals surface area contributed by atoms with Gasteiger partial charge in [-0.15, -0.1) is 22.7 Å². The predicted molar refractivity (Wildman–Crippen MR) is 245 cm³/mol. The van der Waals surface area contributed by atoms with Crippen molar-refractivity contribution in [1.29, 1.82) is 0 Å². The minimum atomic E-state index is -3.87. The van der Waals surface area contributed by atoms with Gasteiger partial charge in [-0.25, -0.2) is 22.8 Å². The zero-order chi connectivity index (χ0) is 45.6. The maximum absolute atomic E-state index is 13.1. The highest BCUT2D eigenvalue weighted by atomic mass is 32.2. The normalized spacial score (nSPS) is 11.4. The summed E-state index contributed by atoms with van der Waals surface area (Å²) in [6.07, 6.45) is 0. The topological polar surface area (TPSA) is 184 Å². The first-order valence-corrected chi connectivity index (χ1v) is 23.1. The number of ether oxygens (including phenoxy) is 7. The Bertz CT molecular complexity index is 3020. The molecule has 0 amide bonds. The van der Waals surface area contributed by atoms with Gasteiger partial charge in [0.25, 0.3) is 0 Å². The minimum absolute atomic E-state index is 0.00227. The van der Waals surface area contributed by atoms with E-state index >= 15 is 0 Å². The number of sulfone groups is 1. The molecule has 7 aromatic rings. The Hall–Kier alpha value is -5.92. The molecule has 0 atom stereocenters. The third kappa shape index (κ3) is 11.1. The second-order valence-corrected chi connectivity index (χ2v) is 17.7. The van der Waals surface area contributed by atoms with Crippen molar-refractivity contribution in [3.63, 3.8) is 0 Å². The van der Waals surface area contributed by atoms with Gasteiger partial charge in [0.15, 0.2) is 10.9 Å². The zero-order valence-corrected chi connectivity index (χ0v) is 37.6. The van der Waals surface area contributed by atoms with Gasteiger partial charge in [-0.1, -0.05) is 42.5 Å². The summed E-state index contributed by atoms with van der Waals surface area (Å²) in [6.45, 7) is 3.66. The van der Waals surface area contributed by atoms with Crippen LogP contribution in [0.15, 0.2) is 123 Å². The van der Waals surface area contributed by atoms with Crippen LogP contribution in [0, 0.1) is 0 Å². The van der Waals surface area contributed by atoms with Gasteiger partial charge < -0.3 is 33.2 Å². The Morgan fingerprint density at radius 3 is 1.69 bits per heavy atom. The van der Waals surface area contributed by atoms with Crippen LogP contribution in [0.1, 0.15) is 38.0 Å². The fourth-order valence-electron chi connectivity index (χ4n) is 6.43. The van der Waals surface area contributed by atoms with Crippen LogP contribution in [0.25, 0.3) is 40.3 Å². The first-order valence-electron chi connectivity index (χ1n) is 19.9. The molecule has 0 bridgehead atoms. The molecule has 0 unspecified atom stereocenters. The Labute approximate surface area is 375 Å². The molecule has 0 aliphatic heterocycles. The van der Waals surface area contributed by atoms with Crippen LogP contribution in [-0.2, 0) is 43.0 Å². The summed E-state index contributed by atoms with van der Waals surface area (Å²) in [4.78, 5) is 64.9. The average Bonchev–Trinajstić information content (AvgIpc) is 3.31. The van der Waals surface area contributed by atoms with Gasteiger partial charge in [0.2, 0.25) is 9.84 Å². The summed E-state index contributed by atoms with van der Waals surface area (Å²) in [5.74, 6) is -2.17. The fourth-order valence-corrected chi connectivity index (χ4v) is 10.2. The summed E-state index contributed by atoms with van der Waals surface area (Å²) >= 11 is 2.51. The number of rotatable bonds is 18. The highest BCUT2D eigenvalue weighted by Crippen LogP contribution is 2.33. The second kappa shape index (κ2) is 22.6. The Balaban J connectivity index is 0.000000216. The maximum Gasteiger partial charge on any atom is 0.340 e. The predicted octanol–water partition coefficient (Wildman–Crippen LogP) is 7.48. The first-order chi connectivity index (χ1) is 31.0. The van der Waals surface area contributed by atoms with E-state index < -0.39 is 27.7 Å². The van der Waals surface area contributed by atoms with Crippen molar-refractivity contribution in [2.24, 2.45) is 0 Å². The van der Waals surface area contributed by atoms with E-state index in [4.69, 9.17) is 33.2 Å². The average molecular weight is 929 g/mol. The lowest BCUT2D eigenvalue weighted by Gasteiger charge is -2.13. The van der Waals surface area contributed by atoms with E-state index in [1.54, 1.807) is 87.9 Å². The van der Waals surface area contributed by atoms with Gasteiger partial charge in [0.05, 0.1) is 82.8 Å². The molecule has 0 radical (unpaired) electrons. The van der Waals surface area contributed by atoms with Crippen LogP contribution in [0.5, 0.6) is 0 Å². The van der Waals surface area contributed by atoms with Crippen molar-refractivity contribution in [2.45, 2.75) is 16.7 Å². The van der Waals surface area contributed by atoms with Crippen LogP contribution in [0.2, 0.25) is 0 Å². The van der Waals surface area contributed by atoms with Crippen LogP contribution in [-0.4, -0.2) is 100 Å². The highest BCUT2D eigenvalue weighted by molar-refractivity contribution is 7.91. The monoisotopic (exact) mass is 928 g/mol. The lowest BCUT2D eigenvalue weighted by atomic mass is 10.0. The molecule has 7 rings (SSSR count). The van der Waals surface area contributed by atoms with E-state index in [1.165, 1.54) is 59.1 Å². The van der Waals surface area contributed by atoms with Gasteiger partial charge in [-0.05, 0) is 67.6 Å². The zero-order valence-electron chi connectivity index (χ0n) is 35.1. The maximum atomic E-state index is 13.1. The highest BCUT2D eigenvalue weighted by Gasteiger charge is 2.26. The summed E-state index contributed by atoms with van der Waals surface area (Å²) in [6, 6.07) is 27.8. The molecule has 14 nitrogen and oxygen atoms in total. The van der Waals surface area contributed by atoms with Gasteiger partial charge in [0, 0.05) is 44.5 Å². The number of benzene rings is 5. The molecule has 64 heavy (non-hydrogen) atoms.